The molecule has 0 saturated carbocycles. The van der Waals surface area contributed by atoms with Gasteiger partial charge in [-0.15, -0.1) is 0 Å². The van der Waals surface area contributed by atoms with Crippen molar-refractivity contribution >= 4 is 17.6 Å². The third-order valence-corrected chi connectivity index (χ3v) is 1.59. The molecule has 3 N–H and O–H groups in total. The molecule has 0 amide bonds. The molecule has 1 aromatic rings. The number of hydrogen-bond donors (Lipinski definition) is 3. The Hall–Kier alpha value is -2.11. The lowest BCUT2D eigenvalue weighted by molar-refractivity contribution is -0.134. The smallest absolute Gasteiger partial charge is 0.335 e. The molecule has 15 heavy (non-hydrogen) atoms. The first-order valence-corrected chi connectivity index (χ1v) is 3.98. The summed E-state index contributed by atoms with van der Waals surface area (Å²) in [4.78, 5) is 20.7. The summed E-state index contributed by atoms with van der Waals surface area (Å²) in [5.41, 5.74) is -0.113. The number of aromatic carboxylic acids is 1. The second-order valence-electron chi connectivity index (χ2n) is 2.78. The molecule has 5 nitrogen and oxygen atoms in total. The van der Waals surface area contributed by atoms with Gasteiger partial charge in [0.2, 0.25) is 0 Å². The van der Waals surface area contributed by atoms with Crippen LogP contribution in [0.5, 0.6) is 0 Å². The molecule has 0 unspecified atom stereocenters. The fourth-order valence-electron chi connectivity index (χ4n) is 0.993. The largest absolute Gasteiger partial charge is 0.480 e. The lowest BCUT2D eigenvalue weighted by Gasteiger charge is -2.04. The van der Waals surface area contributed by atoms with E-state index in [1.807, 2.05) is 0 Å². The van der Waals surface area contributed by atoms with Crippen molar-refractivity contribution in [3.8, 4) is 0 Å². The summed E-state index contributed by atoms with van der Waals surface area (Å²) < 4.78 is 12.9. The van der Waals surface area contributed by atoms with Crippen LogP contribution in [0.3, 0.4) is 0 Å². The SMILES string of the molecule is O=C(O)CNc1cc(F)cc(C(=O)O)c1. The second-order valence-corrected chi connectivity index (χ2v) is 2.78. The molecular formula is C9H8FNO4. The van der Waals surface area contributed by atoms with Gasteiger partial charge in [0.1, 0.15) is 12.4 Å². The van der Waals surface area contributed by atoms with E-state index in [0.717, 1.165) is 18.2 Å². The van der Waals surface area contributed by atoms with Crippen molar-refractivity contribution in [2.75, 3.05) is 11.9 Å². The van der Waals surface area contributed by atoms with Gasteiger partial charge >= 0.3 is 11.9 Å². The van der Waals surface area contributed by atoms with Gasteiger partial charge < -0.3 is 15.5 Å². The summed E-state index contributed by atoms with van der Waals surface area (Å²) >= 11 is 0. The number of carbonyl (C=O) groups is 2. The average molecular weight is 213 g/mol. The molecule has 0 saturated heterocycles. The second kappa shape index (κ2) is 4.41. The van der Waals surface area contributed by atoms with Crippen LogP contribution in [0.1, 0.15) is 10.4 Å². The maximum atomic E-state index is 12.9. The molecule has 0 aliphatic rings. The number of halogens is 1. The Morgan fingerprint density at radius 3 is 2.47 bits per heavy atom. The Morgan fingerprint density at radius 1 is 1.27 bits per heavy atom. The zero-order chi connectivity index (χ0) is 11.4. The Morgan fingerprint density at radius 2 is 1.93 bits per heavy atom. The van der Waals surface area contributed by atoms with E-state index >= 15 is 0 Å². The van der Waals surface area contributed by atoms with Crippen LogP contribution in [0.25, 0.3) is 0 Å². The van der Waals surface area contributed by atoms with Gasteiger partial charge in [-0.25, -0.2) is 9.18 Å². The van der Waals surface area contributed by atoms with Crippen LogP contribution in [-0.2, 0) is 4.79 Å². The fourth-order valence-corrected chi connectivity index (χ4v) is 0.993. The number of carboxylic acids is 2. The molecule has 0 heterocycles. The number of hydrogen-bond acceptors (Lipinski definition) is 3. The molecule has 0 fully saturated rings. The predicted molar refractivity (Wildman–Crippen MR) is 49.5 cm³/mol. The molecular weight excluding hydrogens is 205 g/mol. The normalized spacial score (nSPS) is 9.67. The van der Waals surface area contributed by atoms with E-state index in [4.69, 9.17) is 10.2 Å². The standard InChI is InChI=1S/C9H8FNO4/c10-6-1-5(9(14)15)2-7(3-6)11-4-8(12)13/h1-3,11H,4H2,(H,12,13)(H,14,15). The van der Waals surface area contributed by atoms with Gasteiger partial charge in [-0.3, -0.25) is 4.79 Å². The highest BCUT2D eigenvalue weighted by Crippen LogP contribution is 2.13. The van der Waals surface area contributed by atoms with Crippen LogP contribution in [0, 0.1) is 5.82 Å². The molecule has 1 rings (SSSR count). The predicted octanol–water partition coefficient (Wildman–Crippen LogP) is 1.02. The van der Waals surface area contributed by atoms with Crippen molar-refractivity contribution in [1.29, 1.82) is 0 Å². The van der Waals surface area contributed by atoms with Crippen molar-refractivity contribution in [3.05, 3.63) is 29.6 Å². The van der Waals surface area contributed by atoms with E-state index in [1.165, 1.54) is 0 Å². The van der Waals surface area contributed by atoms with E-state index in [2.05, 4.69) is 5.32 Å². The van der Waals surface area contributed by atoms with Gasteiger partial charge in [-0.1, -0.05) is 0 Å². The number of rotatable bonds is 4. The third-order valence-electron chi connectivity index (χ3n) is 1.59. The van der Waals surface area contributed by atoms with Crippen molar-refractivity contribution in [2.24, 2.45) is 0 Å². The van der Waals surface area contributed by atoms with E-state index in [0.29, 0.717) is 0 Å². The van der Waals surface area contributed by atoms with Crippen LogP contribution in [0.2, 0.25) is 0 Å². The van der Waals surface area contributed by atoms with E-state index in [1.54, 1.807) is 0 Å². The highest BCUT2D eigenvalue weighted by Gasteiger charge is 2.07. The molecule has 0 bridgehead atoms. The first-order chi connectivity index (χ1) is 6.99. The van der Waals surface area contributed by atoms with Crippen LogP contribution < -0.4 is 5.32 Å². The van der Waals surface area contributed by atoms with Crippen LogP contribution in [0.4, 0.5) is 10.1 Å². The summed E-state index contributed by atoms with van der Waals surface area (Å²) in [6, 6.07) is 3.04. The van der Waals surface area contributed by atoms with Gasteiger partial charge in [0, 0.05) is 5.69 Å². The number of carboxylic acid groups (broad SMARTS) is 2. The molecule has 0 radical (unpaired) electrons. The Balaban J connectivity index is 2.88. The summed E-state index contributed by atoms with van der Waals surface area (Å²) in [7, 11) is 0. The molecule has 80 valence electrons. The number of anilines is 1. The quantitative estimate of drug-likeness (QED) is 0.695. The molecule has 1 aromatic carbocycles. The van der Waals surface area contributed by atoms with Crippen molar-refractivity contribution in [1.82, 2.24) is 0 Å². The topological polar surface area (TPSA) is 86.6 Å². The average Bonchev–Trinajstić information content (AvgIpc) is 2.13. The Labute approximate surface area is 84.2 Å². The van der Waals surface area contributed by atoms with E-state index < -0.39 is 24.3 Å². The third kappa shape index (κ3) is 3.26. The summed E-state index contributed by atoms with van der Waals surface area (Å²) in [5, 5.41) is 19.3. The van der Waals surface area contributed by atoms with E-state index in [9.17, 15) is 14.0 Å². The highest BCUT2D eigenvalue weighted by molar-refractivity contribution is 5.89. The van der Waals surface area contributed by atoms with Crippen molar-refractivity contribution in [2.45, 2.75) is 0 Å². The maximum Gasteiger partial charge on any atom is 0.335 e. The Bertz CT molecular complexity index is 405. The molecule has 0 aliphatic heterocycles. The Kier molecular flexibility index (Phi) is 3.22. The first kappa shape index (κ1) is 11.0. The van der Waals surface area contributed by atoms with Gasteiger partial charge in [0.15, 0.2) is 0 Å². The van der Waals surface area contributed by atoms with Crippen molar-refractivity contribution < 1.29 is 24.2 Å². The molecule has 0 aliphatic carbocycles. The zero-order valence-corrected chi connectivity index (χ0v) is 7.53. The zero-order valence-electron chi connectivity index (χ0n) is 7.53. The number of aliphatic carboxylic acids is 1. The lowest BCUT2D eigenvalue weighted by Crippen LogP contribution is -2.13. The molecule has 0 aromatic heterocycles. The first-order valence-electron chi connectivity index (χ1n) is 3.98. The van der Waals surface area contributed by atoms with E-state index in [-0.39, 0.29) is 11.3 Å². The minimum Gasteiger partial charge on any atom is -0.480 e. The molecule has 0 spiro atoms. The minimum absolute atomic E-state index is 0.120. The van der Waals surface area contributed by atoms with Crippen LogP contribution in [0.15, 0.2) is 18.2 Å². The summed E-state index contributed by atoms with van der Waals surface area (Å²) in [6.07, 6.45) is 0. The van der Waals surface area contributed by atoms with Gasteiger partial charge in [-0.2, -0.15) is 0 Å². The lowest BCUT2D eigenvalue weighted by atomic mass is 10.2. The molecule has 0 atom stereocenters. The molecule has 6 heteroatoms. The van der Waals surface area contributed by atoms with Gasteiger partial charge in [0.05, 0.1) is 5.56 Å². The maximum absolute atomic E-state index is 12.9. The highest BCUT2D eigenvalue weighted by atomic mass is 19.1. The number of benzene rings is 1. The van der Waals surface area contributed by atoms with Gasteiger partial charge in [0.25, 0.3) is 0 Å². The summed E-state index contributed by atoms with van der Waals surface area (Å²) in [6.45, 7) is -0.400. The van der Waals surface area contributed by atoms with Crippen molar-refractivity contribution in [3.63, 3.8) is 0 Å². The number of nitrogens with one attached hydrogen (secondary N) is 1. The fraction of sp³-hybridized carbons (Fsp3) is 0.111. The summed E-state index contributed by atoms with van der Waals surface area (Å²) in [5.74, 6) is -3.12. The minimum atomic E-state index is -1.27. The monoisotopic (exact) mass is 213 g/mol. The van der Waals surface area contributed by atoms with Gasteiger partial charge in [-0.05, 0) is 18.2 Å². The van der Waals surface area contributed by atoms with Crippen LogP contribution >= 0.6 is 0 Å². The van der Waals surface area contributed by atoms with Crippen LogP contribution in [-0.4, -0.2) is 28.7 Å².